The topological polar surface area (TPSA) is 99.8 Å². The van der Waals surface area contributed by atoms with Crippen molar-refractivity contribution in [1.82, 2.24) is 20.9 Å². The fourth-order valence-electron chi connectivity index (χ4n) is 4.27. The molecule has 0 bridgehead atoms. The van der Waals surface area contributed by atoms with Crippen molar-refractivity contribution in [3.63, 3.8) is 0 Å². The minimum Gasteiger partial charge on any atom is -0.444 e. The number of rotatable bonds is 3. The number of nitrogens with one attached hydrogen (secondary N) is 3. The van der Waals surface area contributed by atoms with E-state index in [1.165, 1.54) is 0 Å². The molecule has 1 saturated carbocycles. The summed E-state index contributed by atoms with van der Waals surface area (Å²) in [4.78, 5) is 37.9. The Morgan fingerprint density at radius 3 is 2.73 bits per heavy atom. The standard InChI is InChI=1S/C18H30N4O4/c1-17(2,3)26-16(25)22-9-5-7-13(11-22)19-10-12-6-4-8-18(12)14(23)20-15(24)21-18/h12-13,19H,4-11H2,1-3H3,(H2,20,21,23,24)/t12-,13+,18-/m1/s1. The Morgan fingerprint density at radius 1 is 1.31 bits per heavy atom. The predicted octanol–water partition coefficient (Wildman–Crippen LogP) is 1.35. The zero-order chi connectivity index (χ0) is 18.9. The van der Waals surface area contributed by atoms with Gasteiger partial charge in [0.15, 0.2) is 0 Å². The number of imide groups is 1. The molecule has 0 unspecified atom stereocenters. The molecule has 8 heteroatoms. The highest BCUT2D eigenvalue weighted by Crippen LogP contribution is 2.37. The zero-order valence-electron chi connectivity index (χ0n) is 15.9. The molecule has 2 heterocycles. The number of carbonyl (C=O) groups is 3. The maximum atomic E-state index is 12.3. The number of ether oxygens (including phenoxy) is 1. The first kappa shape index (κ1) is 18.9. The molecule has 1 spiro atoms. The van der Waals surface area contributed by atoms with Crippen LogP contribution in [0.1, 0.15) is 52.9 Å². The maximum Gasteiger partial charge on any atom is 0.410 e. The van der Waals surface area contributed by atoms with Crippen molar-refractivity contribution in [2.24, 2.45) is 5.92 Å². The lowest BCUT2D eigenvalue weighted by Crippen LogP contribution is -2.55. The second-order valence-corrected chi connectivity index (χ2v) is 8.64. The maximum absolute atomic E-state index is 12.3. The summed E-state index contributed by atoms with van der Waals surface area (Å²) < 4.78 is 5.46. The van der Waals surface area contributed by atoms with E-state index < -0.39 is 17.2 Å². The number of amides is 4. The second-order valence-electron chi connectivity index (χ2n) is 8.64. The number of carbonyl (C=O) groups excluding carboxylic acids is 3. The van der Waals surface area contributed by atoms with E-state index in [9.17, 15) is 14.4 Å². The quantitative estimate of drug-likeness (QED) is 0.655. The average molecular weight is 366 g/mol. The van der Waals surface area contributed by atoms with Crippen LogP contribution in [0, 0.1) is 5.92 Å². The summed E-state index contributed by atoms with van der Waals surface area (Å²) in [5, 5.41) is 8.74. The van der Waals surface area contributed by atoms with Crippen molar-refractivity contribution >= 4 is 18.0 Å². The third kappa shape index (κ3) is 3.95. The van der Waals surface area contributed by atoms with Crippen LogP contribution >= 0.6 is 0 Å². The van der Waals surface area contributed by atoms with Gasteiger partial charge in [0.2, 0.25) is 0 Å². The smallest absolute Gasteiger partial charge is 0.410 e. The zero-order valence-corrected chi connectivity index (χ0v) is 15.9. The molecule has 2 saturated heterocycles. The summed E-state index contributed by atoms with van der Waals surface area (Å²) in [6, 6.07) is -0.218. The lowest BCUT2D eigenvalue weighted by atomic mass is 9.86. The largest absolute Gasteiger partial charge is 0.444 e. The minimum absolute atomic E-state index is 0.0749. The van der Waals surface area contributed by atoms with E-state index in [1.807, 2.05) is 20.8 Å². The van der Waals surface area contributed by atoms with E-state index in [1.54, 1.807) is 4.90 Å². The van der Waals surface area contributed by atoms with Crippen LogP contribution in [0.4, 0.5) is 9.59 Å². The summed E-state index contributed by atoms with van der Waals surface area (Å²) in [6.45, 7) is 7.56. The Labute approximate surface area is 154 Å². The fourth-order valence-corrected chi connectivity index (χ4v) is 4.27. The second kappa shape index (κ2) is 7.06. The highest BCUT2D eigenvalue weighted by atomic mass is 16.6. The monoisotopic (exact) mass is 366 g/mol. The first-order chi connectivity index (χ1) is 12.2. The molecule has 26 heavy (non-hydrogen) atoms. The normalized spacial score (nSPS) is 31.9. The third-order valence-corrected chi connectivity index (χ3v) is 5.52. The molecule has 3 N–H and O–H groups in total. The van der Waals surface area contributed by atoms with E-state index >= 15 is 0 Å². The first-order valence-electron chi connectivity index (χ1n) is 9.54. The Morgan fingerprint density at radius 2 is 2.08 bits per heavy atom. The Bertz CT molecular complexity index is 588. The lowest BCUT2D eigenvalue weighted by molar-refractivity contribution is -0.125. The third-order valence-electron chi connectivity index (χ3n) is 5.52. The van der Waals surface area contributed by atoms with Crippen molar-refractivity contribution < 1.29 is 19.1 Å². The molecule has 3 rings (SSSR count). The van der Waals surface area contributed by atoms with Gasteiger partial charge in [0, 0.05) is 31.6 Å². The Kier molecular flexibility index (Phi) is 5.14. The Balaban J connectivity index is 1.54. The van der Waals surface area contributed by atoms with Gasteiger partial charge in [-0.1, -0.05) is 6.42 Å². The number of likely N-dealkylation sites (tertiary alicyclic amines) is 1. The van der Waals surface area contributed by atoms with Gasteiger partial charge in [-0.15, -0.1) is 0 Å². The number of nitrogens with zero attached hydrogens (tertiary/aromatic N) is 1. The summed E-state index contributed by atoms with van der Waals surface area (Å²) in [5.41, 5.74) is -1.26. The van der Waals surface area contributed by atoms with Gasteiger partial charge in [0.25, 0.3) is 5.91 Å². The van der Waals surface area contributed by atoms with E-state index in [0.29, 0.717) is 26.1 Å². The van der Waals surface area contributed by atoms with Crippen molar-refractivity contribution in [3.8, 4) is 0 Å². The first-order valence-corrected chi connectivity index (χ1v) is 9.54. The SMILES string of the molecule is CC(C)(C)OC(=O)N1CCC[C@H](NC[C@H]2CCC[C@@]23NC(=O)NC3=O)C1. The molecule has 0 aromatic carbocycles. The summed E-state index contributed by atoms with van der Waals surface area (Å²) in [5.74, 6) is -0.128. The van der Waals surface area contributed by atoms with Crippen molar-refractivity contribution in [2.75, 3.05) is 19.6 Å². The molecule has 3 fully saturated rings. The van der Waals surface area contributed by atoms with Crippen molar-refractivity contribution in [2.45, 2.75) is 70.1 Å². The molecule has 0 radical (unpaired) electrons. The van der Waals surface area contributed by atoms with E-state index in [0.717, 1.165) is 25.7 Å². The molecule has 0 aromatic rings. The van der Waals surface area contributed by atoms with E-state index in [-0.39, 0.29) is 24.0 Å². The summed E-state index contributed by atoms with van der Waals surface area (Å²) in [7, 11) is 0. The van der Waals surface area contributed by atoms with Gasteiger partial charge in [-0.25, -0.2) is 9.59 Å². The molecule has 1 aliphatic carbocycles. The molecule has 0 aromatic heterocycles. The molecule has 2 aliphatic heterocycles. The molecule has 3 atom stereocenters. The number of piperidine rings is 1. The molecule has 8 nitrogen and oxygen atoms in total. The van der Waals surface area contributed by atoms with E-state index in [2.05, 4.69) is 16.0 Å². The van der Waals surface area contributed by atoms with Gasteiger partial charge in [-0.3, -0.25) is 10.1 Å². The van der Waals surface area contributed by atoms with Crippen LogP contribution in [0.2, 0.25) is 0 Å². The van der Waals surface area contributed by atoms with E-state index in [4.69, 9.17) is 4.74 Å². The molecule has 146 valence electrons. The number of urea groups is 1. The van der Waals surface area contributed by atoms with Crippen molar-refractivity contribution in [3.05, 3.63) is 0 Å². The van der Waals surface area contributed by atoms with Crippen LogP contribution < -0.4 is 16.0 Å². The van der Waals surface area contributed by atoms with Gasteiger partial charge >= 0.3 is 12.1 Å². The number of hydrogen-bond acceptors (Lipinski definition) is 5. The predicted molar refractivity (Wildman–Crippen MR) is 95.6 cm³/mol. The van der Waals surface area contributed by atoms with Crippen LogP contribution in [-0.4, -0.2) is 59.7 Å². The van der Waals surface area contributed by atoms with Crippen LogP contribution in [0.15, 0.2) is 0 Å². The number of hydrogen-bond donors (Lipinski definition) is 3. The highest BCUT2D eigenvalue weighted by molar-refractivity contribution is 6.07. The average Bonchev–Trinajstić information content (AvgIpc) is 3.07. The van der Waals surface area contributed by atoms with Crippen molar-refractivity contribution in [1.29, 1.82) is 0 Å². The Hall–Kier alpha value is -1.83. The van der Waals surface area contributed by atoms with Crippen LogP contribution in [0.25, 0.3) is 0 Å². The fraction of sp³-hybridized carbons (Fsp3) is 0.833. The van der Waals surface area contributed by atoms with Gasteiger partial charge in [-0.2, -0.15) is 0 Å². The van der Waals surface area contributed by atoms with Gasteiger partial charge in [-0.05, 0) is 46.5 Å². The summed E-state index contributed by atoms with van der Waals surface area (Å²) >= 11 is 0. The molecular formula is C18H30N4O4. The van der Waals surface area contributed by atoms with Gasteiger partial charge in [0.1, 0.15) is 11.1 Å². The van der Waals surface area contributed by atoms with Crippen LogP contribution in [0.5, 0.6) is 0 Å². The molecule has 4 amide bonds. The van der Waals surface area contributed by atoms with Gasteiger partial charge < -0.3 is 20.3 Å². The highest BCUT2D eigenvalue weighted by Gasteiger charge is 2.54. The minimum atomic E-state index is -0.760. The molecular weight excluding hydrogens is 336 g/mol. The lowest BCUT2D eigenvalue weighted by Gasteiger charge is -2.36. The summed E-state index contributed by atoms with van der Waals surface area (Å²) in [6.07, 6.45) is 4.15. The van der Waals surface area contributed by atoms with Crippen LogP contribution in [0.3, 0.4) is 0 Å². The van der Waals surface area contributed by atoms with Crippen LogP contribution in [-0.2, 0) is 9.53 Å². The molecule has 3 aliphatic rings. The van der Waals surface area contributed by atoms with Gasteiger partial charge in [0.05, 0.1) is 0 Å².